The molecule has 0 bridgehead atoms. The highest BCUT2D eigenvalue weighted by atomic mass is 35.5. The number of fused-ring (bicyclic) bond motifs is 2. The van der Waals surface area contributed by atoms with E-state index in [2.05, 4.69) is 4.74 Å². The van der Waals surface area contributed by atoms with E-state index in [1.807, 2.05) is 0 Å². The lowest BCUT2D eigenvalue weighted by Crippen LogP contribution is -2.35. The van der Waals surface area contributed by atoms with Gasteiger partial charge in [-0.1, -0.05) is 46.4 Å². The molecule has 0 radical (unpaired) electrons. The van der Waals surface area contributed by atoms with Gasteiger partial charge >= 0.3 is 11.9 Å². The van der Waals surface area contributed by atoms with Crippen molar-refractivity contribution in [2.75, 3.05) is 0 Å². The van der Waals surface area contributed by atoms with Crippen LogP contribution in [0.5, 0.6) is 0 Å². The van der Waals surface area contributed by atoms with E-state index < -0.39 is 23.8 Å². The van der Waals surface area contributed by atoms with Crippen LogP contribution in [0.15, 0.2) is 20.1 Å². The number of hydrogen-bond donors (Lipinski definition) is 0. The van der Waals surface area contributed by atoms with Gasteiger partial charge < -0.3 is 4.74 Å². The number of esters is 2. The molecule has 4 unspecified atom stereocenters. The Morgan fingerprint density at radius 2 is 1.11 bits per heavy atom. The number of rotatable bonds is 0. The molecule has 1 heterocycles. The van der Waals surface area contributed by atoms with Gasteiger partial charge in [0.25, 0.3) is 0 Å². The zero-order valence-electron chi connectivity index (χ0n) is 9.46. The molecule has 0 N–H and O–H groups in total. The topological polar surface area (TPSA) is 43.4 Å². The maximum Gasteiger partial charge on any atom is 0.317 e. The van der Waals surface area contributed by atoms with Crippen molar-refractivity contribution >= 4 is 58.3 Å². The molecule has 1 saturated carbocycles. The molecule has 19 heavy (non-hydrogen) atoms. The van der Waals surface area contributed by atoms with Gasteiger partial charge in [0.15, 0.2) is 0 Å². The third kappa shape index (κ3) is 1.94. The summed E-state index contributed by atoms with van der Waals surface area (Å²) in [6, 6.07) is 0. The molecule has 0 aromatic rings. The Morgan fingerprint density at radius 3 is 1.47 bits per heavy atom. The van der Waals surface area contributed by atoms with Crippen LogP contribution in [-0.4, -0.2) is 11.9 Å². The molecule has 2 aliphatic carbocycles. The first-order chi connectivity index (χ1) is 8.91. The highest BCUT2D eigenvalue weighted by molar-refractivity contribution is 6.51. The van der Waals surface area contributed by atoms with Crippen LogP contribution in [0.3, 0.4) is 0 Å². The van der Waals surface area contributed by atoms with Crippen molar-refractivity contribution in [1.29, 1.82) is 0 Å². The largest absolute Gasteiger partial charge is 0.393 e. The van der Waals surface area contributed by atoms with E-state index in [0.717, 1.165) is 0 Å². The van der Waals surface area contributed by atoms with Gasteiger partial charge in [-0.15, -0.1) is 0 Å². The molecule has 0 aromatic heterocycles. The maximum absolute atomic E-state index is 11.6. The fourth-order valence-electron chi connectivity index (χ4n) is 3.07. The lowest BCUT2D eigenvalue weighted by molar-refractivity contribution is -0.153. The second-order valence-electron chi connectivity index (χ2n) is 4.96. The molecule has 0 aromatic carbocycles. The first-order valence-corrected chi connectivity index (χ1v) is 7.29. The standard InChI is InChI=1S/C12H8Cl4O3/c13-7-3-1-5-6(12(18)19-11(5)17)2-4(3)8(14)10(16)9(7)15/h3-6H,1-2H2. The van der Waals surface area contributed by atoms with E-state index in [0.29, 0.717) is 22.9 Å². The second-order valence-corrected chi connectivity index (χ2v) is 6.53. The molecule has 2 fully saturated rings. The van der Waals surface area contributed by atoms with Crippen LogP contribution in [0.2, 0.25) is 0 Å². The molecule has 1 saturated heterocycles. The van der Waals surface area contributed by atoms with Gasteiger partial charge in [-0.2, -0.15) is 0 Å². The summed E-state index contributed by atoms with van der Waals surface area (Å²) in [7, 11) is 0. The van der Waals surface area contributed by atoms with Gasteiger partial charge in [-0.05, 0) is 12.8 Å². The summed E-state index contributed by atoms with van der Waals surface area (Å²) in [5.41, 5.74) is 0. The molecular formula is C12H8Cl4O3. The normalized spacial score (nSPS) is 38.3. The third-order valence-corrected chi connectivity index (χ3v) is 6.07. The van der Waals surface area contributed by atoms with E-state index in [4.69, 9.17) is 46.4 Å². The SMILES string of the molecule is O=C1OC(=O)C2CC3C(Cl)=C(Cl)C(Cl)=C(Cl)C3CC12. The van der Waals surface area contributed by atoms with E-state index in [1.54, 1.807) is 0 Å². The molecule has 3 rings (SSSR count). The van der Waals surface area contributed by atoms with E-state index >= 15 is 0 Å². The number of cyclic esters (lactones) is 2. The second kappa shape index (κ2) is 4.66. The Balaban J connectivity index is 2.00. The highest BCUT2D eigenvalue weighted by Gasteiger charge is 2.53. The lowest BCUT2D eigenvalue weighted by Gasteiger charge is -2.38. The zero-order chi connectivity index (χ0) is 13.9. The number of hydrogen-bond acceptors (Lipinski definition) is 3. The minimum Gasteiger partial charge on any atom is -0.393 e. The Labute approximate surface area is 129 Å². The van der Waals surface area contributed by atoms with Gasteiger partial charge in [0.2, 0.25) is 0 Å². The first-order valence-electron chi connectivity index (χ1n) is 5.78. The third-order valence-electron chi connectivity index (χ3n) is 4.06. The summed E-state index contributed by atoms with van der Waals surface area (Å²) in [5.74, 6) is -2.22. The summed E-state index contributed by atoms with van der Waals surface area (Å²) < 4.78 is 4.68. The first kappa shape index (κ1) is 13.7. The number of ether oxygens (including phenoxy) is 1. The van der Waals surface area contributed by atoms with Crippen LogP contribution in [0.25, 0.3) is 0 Å². The summed E-state index contributed by atoms with van der Waals surface area (Å²) in [4.78, 5) is 23.2. The summed E-state index contributed by atoms with van der Waals surface area (Å²) >= 11 is 24.5. The molecule has 3 nitrogen and oxygen atoms in total. The summed E-state index contributed by atoms with van der Waals surface area (Å²) in [6.45, 7) is 0. The molecule has 7 heteroatoms. The number of carbonyl (C=O) groups is 2. The Hall–Kier alpha value is -0.220. The molecule has 3 aliphatic rings. The summed E-state index contributed by atoms with van der Waals surface area (Å²) in [5, 5.41) is 1.27. The van der Waals surface area contributed by atoms with Crippen molar-refractivity contribution in [2.24, 2.45) is 23.7 Å². The predicted octanol–water partition coefficient (Wildman–Crippen LogP) is 3.72. The van der Waals surface area contributed by atoms with Gasteiger partial charge in [-0.3, -0.25) is 9.59 Å². The van der Waals surface area contributed by atoms with Crippen LogP contribution in [0, 0.1) is 23.7 Å². The molecule has 4 atom stereocenters. The van der Waals surface area contributed by atoms with Gasteiger partial charge in [0.05, 0.1) is 21.9 Å². The maximum atomic E-state index is 11.6. The highest BCUT2D eigenvalue weighted by Crippen LogP contribution is 2.54. The number of halogens is 4. The fraction of sp³-hybridized carbons (Fsp3) is 0.500. The Bertz CT molecular complexity index is 503. The van der Waals surface area contributed by atoms with Crippen LogP contribution in [-0.2, 0) is 14.3 Å². The summed E-state index contributed by atoms with van der Waals surface area (Å²) in [6.07, 6.45) is 0.824. The monoisotopic (exact) mass is 340 g/mol. The molecular weight excluding hydrogens is 334 g/mol. The van der Waals surface area contributed by atoms with Crippen molar-refractivity contribution < 1.29 is 14.3 Å². The molecule has 0 spiro atoms. The van der Waals surface area contributed by atoms with E-state index in [9.17, 15) is 9.59 Å². The van der Waals surface area contributed by atoms with Gasteiger partial charge in [-0.25, -0.2) is 0 Å². The molecule has 0 amide bonds. The van der Waals surface area contributed by atoms with Crippen LogP contribution >= 0.6 is 46.4 Å². The van der Waals surface area contributed by atoms with Crippen molar-refractivity contribution in [3.05, 3.63) is 20.1 Å². The zero-order valence-corrected chi connectivity index (χ0v) is 12.5. The van der Waals surface area contributed by atoms with Crippen molar-refractivity contribution in [2.45, 2.75) is 12.8 Å². The van der Waals surface area contributed by atoms with Crippen LogP contribution < -0.4 is 0 Å². The van der Waals surface area contributed by atoms with Crippen LogP contribution in [0.4, 0.5) is 0 Å². The van der Waals surface area contributed by atoms with Crippen molar-refractivity contribution in [3.63, 3.8) is 0 Å². The molecule has 102 valence electrons. The minimum absolute atomic E-state index is 0.177. The van der Waals surface area contributed by atoms with Crippen molar-refractivity contribution in [1.82, 2.24) is 0 Å². The van der Waals surface area contributed by atoms with Gasteiger partial charge in [0.1, 0.15) is 0 Å². The van der Waals surface area contributed by atoms with Crippen LogP contribution in [0.1, 0.15) is 12.8 Å². The Kier molecular flexibility index (Phi) is 3.37. The minimum atomic E-state index is -0.481. The lowest BCUT2D eigenvalue weighted by atomic mass is 9.67. The smallest absolute Gasteiger partial charge is 0.317 e. The van der Waals surface area contributed by atoms with E-state index in [1.165, 1.54) is 0 Å². The Morgan fingerprint density at radius 1 is 0.737 bits per heavy atom. The molecule has 1 aliphatic heterocycles. The average molecular weight is 342 g/mol. The van der Waals surface area contributed by atoms with E-state index in [-0.39, 0.29) is 21.9 Å². The fourth-order valence-corrected chi connectivity index (χ4v) is 4.32. The van der Waals surface area contributed by atoms with Gasteiger partial charge in [0, 0.05) is 21.9 Å². The quantitative estimate of drug-likeness (QED) is 0.498. The average Bonchev–Trinajstić information content (AvgIpc) is 2.67. The number of carbonyl (C=O) groups excluding carboxylic acids is 2. The number of allylic oxidation sites excluding steroid dienone is 4. The predicted molar refractivity (Wildman–Crippen MR) is 71.8 cm³/mol. The van der Waals surface area contributed by atoms with Crippen molar-refractivity contribution in [3.8, 4) is 0 Å².